The van der Waals surface area contributed by atoms with Gasteiger partial charge in [-0.05, 0) is 52.0 Å². The Kier molecular flexibility index (Phi) is 5.81. The highest BCUT2D eigenvalue weighted by molar-refractivity contribution is 5.22. The van der Waals surface area contributed by atoms with Gasteiger partial charge in [-0.25, -0.2) is 0 Å². The topological polar surface area (TPSA) is 9.23 Å². The molecule has 0 N–H and O–H groups in total. The first kappa shape index (κ1) is 16.0. The van der Waals surface area contributed by atoms with Crippen LogP contribution in [0.4, 0.5) is 0 Å². The number of allylic oxidation sites excluding steroid dienone is 2. The predicted molar refractivity (Wildman–Crippen MR) is 90.3 cm³/mol. The van der Waals surface area contributed by atoms with Crippen molar-refractivity contribution in [2.45, 2.75) is 58.7 Å². The summed E-state index contributed by atoms with van der Waals surface area (Å²) in [5.74, 6) is 0.453. The van der Waals surface area contributed by atoms with Gasteiger partial charge in [0.05, 0.1) is 12.2 Å². The highest BCUT2D eigenvalue weighted by Gasteiger charge is 2.31. The first-order chi connectivity index (χ1) is 10.1. The molecule has 1 aromatic rings. The van der Waals surface area contributed by atoms with Gasteiger partial charge < -0.3 is 4.74 Å². The van der Waals surface area contributed by atoms with Crippen molar-refractivity contribution in [2.24, 2.45) is 5.92 Å². The second-order valence-electron chi connectivity index (χ2n) is 6.44. The number of rotatable bonds is 5. The second-order valence-corrected chi connectivity index (χ2v) is 6.44. The summed E-state index contributed by atoms with van der Waals surface area (Å²) in [6, 6.07) is 10.6. The lowest BCUT2D eigenvalue weighted by atomic mass is 9.81. The van der Waals surface area contributed by atoms with Gasteiger partial charge in [-0.15, -0.1) is 0 Å². The molecule has 0 aromatic heterocycles. The van der Waals surface area contributed by atoms with Crippen molar-refractivity contribution in [1.82, 2.24) is 0 Å². The molecule has 1 nitrogen and oxygen atoms in total. The molecule has 1 heteroatoms. The standard InChI is InChI=1S/C20H28O/c1-15(2)9-8-10-16(3)19-14-13-17(4)21-20(19)18-11-6-5-7-12-18/h5-7,9,11-12,17,19-20H,3,8,10,13-14H2,1-2,4H3/t17-,19-,20+/m1/s1. The van der Waals surface area contributed by atoms with Crippen LogP contribution in [0.15, 0.2) is 54.1 Å². The Labute approximate surface area is 129 Å². The SMILES string of the molecule is C=C(CCC=C(C)C)[C@H]1CC[C@@H](C)O[C@H]1c1ccccc1. The normalized spacial score (nSPS) is 25.4. The molecule has 1 aliphatic heterocycles. The number of benzene rings is 1. The number of hydrogen-bond acceptors (Lipinski definition) is 1. The van der Waals surface area contributed by atoms with Gasteiger partial charge in [-0.2, -0.15) is 0 Å². The van der Waals surface area contributed by atoms with E-state index in [2.05, 4.69) is 63.8 Å². The maximum Gasteiger partial charge on any atom is 0.0893 e. The summed E-state index contributed by atoms with van der Waals surface area (Å²) < 4.78 is 6.26. The third-order valence-corrected chi connectivity index (χ3v) is 4.30. The molecule has 1 aromatic carbocycles. The van der Waals surface area contributed by atoms with Crippen LogP contribution in [0.1, 0.15) is 58.1 Å². The van der Waals surface area contributed by atoms with E-state index in [1.54, 1.807) is 0 Å². The van der Waals surface area contributed by atoms with Crippen molar-refractivity contribution in [3.8, 4) is 0 Å². The van der Waals surface area contributed by atoms with Crippen molar-refractivity contribution < 1.29 is 4.74 Å². The van der Waals surface area contributed by atoms with Crippen LogP contribution in [0.2, 0.25) is 0 Å². The van der Waals surface area contributed by atoms with E-state index in [9.17, 15) is 0 Å². The quantitative estimate of drug-likeness (QED) is 0.617. The van der Waals surface area contributed by atoms with E-state index >= 15 is 0 Å². The van der Waals surface area contributed by atoms with Crippen molar-refractivity contribution in [3.05, 3.63) is 59.7 Å². The minimum atomic E-state index is 0.175. The fraction of sp³-hybridized carbons (Fsp3) is 0.500. The lowest BCUT2D eigenvalue weighted by molar-refractivity contribution is -0.0679. The van der Waals surface area contributed by atoms with Gasteiger partial charge in [0.1, 0.15) is 0 Å². The van der Waals surface area contributed by atoms with Crippen LogP contribution in [-0.2, 0) is 4.74 Å². The summed E-state index contributed by atoms with van der Waals surface area (Å²) in [6.45, 7) is 10.9. The molecule has 0 radical (unpaired) electrons. The number of ether oxygens (including phenoxy) is 1. The molecule has 0 bridgehead atoms. The van der Waals surface area contributed by atoms with Crippen molar-refractivity contribution in [1.29, 1.82) is 0 Å². The highest BCUT2D eigenvalue weighted by atomic mass is 16.5. The lowest BCUT2D eigenvalue weighted by Crippen LogP contribution is -2.28. The fourth-order valence-corrected chi connectivity index (χ4v) is 3.08. The van der Waals surface area contributed by atoms with Crippen LogP contribution in [0, 0.1) is 5.92 Å². The molecular formula is C20H28O. The van der Waals surface area contributed by atoms with Gasteiger partial charge in [-0.3, -0.25) is 0 Å². The van der Waals surface area contributed by atoms with Crippen LogP contribution < -0.4 is 0 Å². The fourth-order valence-electron chi connectivity index (χ4n) is 3.08. The summed E-state index contributed by atoms with van der Waals surface area (Å²) in [6.07, 6.45) is 7.30. The van der Waals surface area contributed by atoms with Crippen molar-refractivity contribution in [2.75, 3.05) is 0 Å². The molecule has 2 rings (SSSR count). The maximum absolute atomic E-state index is 6.26. The molecule has 1 aliphatic rings. The Hall–Kier alpha value is -1.34. The maximum atomic E-state index is 6.26. The number of hydrogen-bond donors (Lipinski definition) is 0. The van der Waals surface area contributed by atoms with Gasteiger partial charge in [-0.1, -0.05) is 54.1 Å². The minimum Gasteiger partial charge on any atom is -0.370 e. The summed E-state index contributed by atoms with van der Waals surface area (Å²) in [5, 5.41) is 0. The van der Waals surface area contributed by atoms with Gasteiger partial charge in [0.25, 0.3) is 0 Å². The van der Waals surface area contributed by atoms with Crippen molar-refractivity contribution in [3.63, 3.8) is 0 Å². The molecule has 0 saturated carbocycles. The van der Waals surface area contributed by atoms with E-state index in [1.165, 1.54) is 23.1 Å². The first-order valence-electron chi connectivity index (χ1n) is 8.09. The monoisotopic (exact) mass is 284 g/mol. The average molecular weight is 284 g/mol. The molecule has 0 spiro atoms. The highest BCUT2D eigenvalue weighted by Crippen LogP contribution is 2.41. The Bertz CT molecular complexity index is 482. The Morgan fingerprint density at radius 2 is 1.95 bits per heavy atom. The van der Waals surface area contributed by atoms with E-state index < -0.39 is 0 Å². The van der Waals surface area contributed by atoms with Gasteiger partial charge in [0.2, 0.25) is 0 Å². The summed E-state index contributed by atoms with van der Waals surface area (Å²) >= 11 is 0. The molecule has 3 atom stereocenters. The summed E-state index contributed by atoms with van der Waals surface area (Å²) in [7, 11) is 0. The lowest BCUT2D eigenvalue weighted by Gasteiger charge is -2.37. The van der Waals surface area contributed by atoms with Crippen LogP contribution >= 0.6 is 0 Å². The largest absolute Gasteiger partial charge is 0.370 e. The third kappa shape index (κ3) is 4.57. The molecule has 1 saturated heterocycles. The van der Waals surface area contributed by atoms with Crippen molar-refractivity contribution >= 4 is 0 Å². The molecule has 0 amide bonds. The smallest absolute Gasteiger partial charge is 0.0893 e. The van der Waals surface area contributed by atoms with Crippen LogP contribution in [0.25, 0.3) is 0 Å². The molecule has 1 heterocycles. The molecule has 21 heavy (non-hydrogen) atoms. The second kappa shape index (κ2) is 7.61. The molecule has 1 fully saturated rings. The van der Waals surface area contributed by atoms with Gasteiger partial charge in [0.15, 0.2) is 0 Å². The van der Waals surface area contributed by atoms with E-state index in [1.807, 2.05) is 0 Å². The Morgan fingerprint density at radius 3 is 2.62 bits per heavy atom. The zero-order valence-electron chi connectivity index (χ0n) is 13.6. The molecular weight excluding hydrogens is 256 g/mol. The molecule has 114 valence electrons. The zero-order chi connectivity index (χ0) is 15.2. The summed E-state index contributed by atoms with van der Waals surface area (Å²) in [5.41, 5.74) is 4.02. The Morgan fingerprint density at radius 1 is 1.24 bits per heavy atom. The minimum absolute atomic E-state index is 0.175. The van der Waals surface area contributed by atoms with Crippen LogP contribution in [0.3, 0.4) is 0 Å². The molecule has 0 aliphatic carbocycles. The first-order valence-corrected chi connectivity index (χ1v) is 8.09. The predicted octanol–water partition coefficient (Wildman–Crippen LogP) is 5.85. The van der Waals surface area contributed by atoms with E-state index in [4.69, 9.17) is 4.74 Å². The summed E-state index contributed by atoms with van der Waals surface area (Å²) in [4.78, 5) is 0. The van der Waals surface area contributed by atoms with E-state index in [0.29, 0.717) is 12.0 Å². The van der Waals surface area contributed by atoms with Crippen LogP contribution in [0.5, 0.6) is 0 Å². The average Bonchev–Trinajstić information content (AvgIpc) is 2.47. The van der Waals surface area contributed by atoms with Crippen LogP contribution in [-0.4, -0.2) is 6.10 Å². The Balaban J connectivity index is 2.08. The van der Waals surface area contributed by atoms with E-state index in [-0.39, 0.29) is 6.10 Å². The zero-order valence-corrected chi connectivity index (χ0v) is 13.6. The van der Waals surface area contributed by atoms with Gasteiger partial charge >= 0.3 is 0 Å². The molecule has 0 unspecified atom stereocenters. The third-order valence-electron chi connectivity index (χ3n) is 4.30. The van der Waals surface area contributed by atoms with Gasteiger partial charge in [0, 0.05) is 5.92 Å². The van der Waals surface area contributed by atoms with E-state index in [0.717, 1.165) is 19.3 Å².